The highest BCUT2D eigenvalue weighted by Crippen LogP contribution is 2.38. The summed E-state index contributed by atoms with van der Waals surface area (Å²) >= 11 is 1.86. The van der Waals surface area contributed by atoms with Gasteiger partial charge in [0, 0.05) is 23.2 Å². The topological polar surface area (TPSA) is 37.8 Å². The molecule has 2 rings (SSSR count). The third kappa shape index (κ3) is 4.19. The summed E-state index contributed by atoms with van der Waals surface area (Å²) in [6, 6.07) is 2.55. The van der Waals surface area contributed by atoms with E-state index >= 15 is 0 Å². The molecule has 0 aliphatic heterocycles. The van der Waals surface area contributed by atoms with Crippen molar-refractivity contribution in [2.75, 3.05) is 6.54 Å². The molecular formula is C16H27N3S. The van der Waals surface area contributed by atoms with Crippen LogP contribution in [0.15, 0.2) is 17.4 Å². The van der Waals surface area contributed by atoms with Crippen LogP contribution in [0.5, 0.6) is 0 Å². The van der Waals surface area contributed by atoms with E-state index in [4.69, 9.17) is 0 Å². The van der Waals surface area contributed by atoms with Gasteiger partial charge in [-0.15, -0.1) is 0 Å². The Morgan fingerprint density at radius 1 is 1.35 bits per heavy atom. The van der Waals surface area contributed by atoms with Crippen LogP contribution < -0.4 is 5.32 Å². The first-order valence-electron chi connectivity index (χ1n) is 7.79. The van der Waals surface area contributed by atoms with Crippen molar-refractivity contribution in [2.24, 2.45) is 11.8 Å². The van der Waals surface area contributed by atoms with Crippen molar-refractivity contribution in [3.05, 3.63) is 18.0 Å². The average Bonchev–Trinajstić information content (AvgIpc) is 2.40. The Bertz CT molecular complexity index is 424. The number of aromatic nitrogens is 2. The van der Waals surface area contributed by atoms with E-state index in [0.29, 0.717) is 17.2 Å². The van der Waals surface area contributed by atoms with Gasteiger partial charge in [0.05, 0.1) is 0 Å². The van der Waals surface area contributed by atoms with Crippen LogP contribution in [0.1, 0.15) is 45.7 Å². The normalized spacial score (nSPS) is 30.4. The fourth-order valence-corrected chi connectivity index (χ4v) is 4.44. The minimum atomic E-state index is 0.583. The molecule has 3 nitrogen and oxygen atoms in total. The minimum Gasteiger partial charge on any atom is -0.313 e. The Labute approximate surface area is 127 Å². The van der Waals surface area contributed by atoms with Crippen molar-refractivity contribution >= 4 is 11.8 Å². The van der Waals surface area contributed by atoms with E-state index in [1.54, 1.807) is 0 Å². The lowest BCUT2D eigenvalue weighted by Gasteiger charge is -2.39. The van der Waals surface area contributed by atoms with Gasteiger partial charge < -0.3 is 5.32 Å². The fourth-order valence-electron chi connectivity index (χ4n) is 3.16. The van der Waals surface area contributed by atoms with Crippen LogP contribution in [-0.2, 0) is 0 Å². The third-order valence-electron chi connectivity index (χ3n) is 4.06. The van der Waals surface area contributed by atoms with E-state index in [0.717, 1.165) is 23.3 Å². The highest BCUT2D eigenvalue weighted by atomic mass is 32.2. The van der Waals surface area contributed by atoms with Gasteiger partial charge >= 0.3 is 0 Å². The third-order valence-corrected chi connectivity index (χ3v) is 5.53. The summed E-state index contributed by atoms with van der Waals surface area (Å²) in [7, 11) is 0. The Morgan fingerprint density at radius 2 is 2.15 bits per heavy atom. The maximum absolute atomic E-state index is 4.56. The lowest BCUT2D eigenvalue weighted by Crippen LogP contribution is -2.46. The van der Waals surface area contributed by atoms with E-state index in [2.05, 4.69) is 36.1 Å². The summed E-state index contributed by atoms with van der Waals surface area (Å²) in [6.07, 6.45) is 5.65. The summed E-state index contributed by atoms with van der Waals surface area (Å²) < 4.78 is 0. The van der Waals surface area contributed by atoms with Gasteiger partial charge in [0.15, 0.2) is 5.16 Å². The van der Waals surface area contributed by atoms with Crippen molar-refractivity contribution in [3.8, 4) is 0 Å². The summed E-state index contributed by atoms with van der Waals surface area (Å²) in [5.41, 5.74) is 1.05. The molecule has 1 aromatic heterocycles. The van der Waals surface area contributed by atoms with E-state index in [9.17, 15) is 0 Å². The molecule has 4 atom stereocenters. The fraction of sp³-hybridized carbons (Fsp3) is 0.750. The molecule has 1 N–H and O–H groups in total. The van der Waals surface area contributed by atoms with Gasteiger partial charge in [0.25, 0.3) is 0 Å². The van der Waals surface area contributed by atoms with E-state index in [-0.39, 0.29) is 0 Å². The molecule has 1 aromatic rings. The summed E-state index contributed by atoms with van der Waals surface area (Å²) in [4.78, 5) is 8.99. The van der Waals surface area contributed by atoms with Crippen LogP contribution in [0, 0.1) is 18.8 Å². The van der Waals surface area contributed by atoms with Crippen molar-refractivity contribution in [3.63, 3.8) is 0 Å². The second-order valence-corrected chi connectivity index (χ2v) is 7.32. The quantitative estimate of drug-likeness (QED) is 0.840. The molecule has 0 bridgehead atoms. The first-order valence-corrected chi connectivity index (χ1v) is 8.67. The number of thioether (sulfide) groups is 1. The molecule has 0 amide bonds. The summed E-state index contributed by atoms with van der Waals surface area (Å²) in [5, 5.41) is 5.25. The molecule has 1 fully saturated rings. The van der Waals surface area contributed by atoms with Crippen LogP contribution >= 0.6 is 11.8 Å². The van der Waals surface area contributed by atoms with Crippen molar-refractivity contribution in [1.29, 1.82) is 0 Å². The van der Waals surface area contributed by atoms with Gasteiger partial charge in [-0.25, -0.2) is 9.97 Å². The average molecular weight is 293 g/mol. The van der Waals surface area contributed by atoms with Gasteiger partial charge in [-0.05, 0) is 50.6 Å². The Balaban J connectivity index is 2.08. The van der Waals surface area contributed by atoms with E-state index < -0.39 is 0 Å². The molecular weight excluding hydrogens is 266 g/mol. The number of hydrogen-bond acceptors (Lipinski definition) is 4. The Morgan fingerprint density at radius 3 is 2.85 bits per heavy atom. The zero-order valence-corrected chi connectivity index (χ0v) is 13.9. The smallest absolute Gasteiger partial charge is 0.188 e. The highest BCUT2D eigenvalue weighted by Gasteiger charge is 2.34. The molecule has 20 heavy (non-hydrogen) atoms. The first kappa shape index (κ1) is 15.8. The minimum absolute atomic E-state index is 0.583. The SMILES string of the molecule is CCCNC1CC(C)CC(C)C1Sc1nccc(C)n1. The first-order chi connectivity index (χ1) is 9.60. The molecule has 0 saturated heterocycles. The molecule has 4 heteroatoms. The van der Waals surface area contributed by atoms with Crippen molar-refractivity contribution < 1.29 is 0 Å². The standard InChI is InChI=1S/C16H27N3S/c1-5-7-17-14-10-11(2)9-12(3)15(14)20-16-18-8-6-13(4)19-16/h6,8,11-12,14-15,17H,5,7,9-10H2,1-4H3. The number of aryl methyl sites for hydroxylation is 1. The molecule has 1 aliphatic rings. The lowest BCUT2D eigenvalue weighted by atomic mass is 9.80. The number of nitrogens with zero attached hydrogens (tertiary/aromatic N) is 2. The van der Waals surface area contributed by atoms with Crippen LogP contribution in [0.2, 0.25) is 0 Å². The van der Waals surface area contributed by atoms with E-state index in [1.807, 2.05) is 30.9 Å². The maximum atomic E-state index is 4.56. The second kappa shape index (κ2) is 7.41. The van der Waals surface area contributed by atoms with Crippen molar-refractivity contribution in [1.82, 2.24) is 15.3 Å². The van der Waals surface area contributed by atoms with Crippen LogP contribution in [0.25, 0.3) is 0 Å². The Hall–Kier alpha value is -0.610. The number of nitrogens with one attached hydrogen (secondary N) is 1. The summed E-state index contributed by atoms with van der Waals surface area (Å²) in [6.45, 7) is 10.1. The zero-order chi connectivity index (χ0) is 14.5. The molecule has 4 unspecified atom stereocenters. The van der Waals surface area contributed by atoms with Gasteiger partial charge in [-0.1, -0.05) is 32.5 Å². The van der Waals surface area contributed by atoms with Gasteiger partial charge in [-0.3, -0.25) is 0 Å². The van der Waals surface area contributed by atoms with Crippen LogP contribution in [0.4, 0.5) is 0 Å². The molecule has 112 valence electrons. The predicted molar refractivity (Wildman–Crippen MR) is 86.1 cm³/mol. The molecule has 1 aliphatic carbocycles. The predicted octanol–water partition coefficient (Wildman–Crippen LogP) is 3.68. The van der Waals surface area contributed by atoms with Crippen LogP contribution in [-0.4, -0.2) is 27.8 Å². The molecule has 1 saturated carbocycles. The lowest BCUT2D eigenvalue weighted by molar-refractivity contribution is 0.249. The van der Waals surface area contributed by atoms with Gasteiger partial charge in [-0.2, -0.15) is 0 Å². The maximum Gasteiger partial charge on any atom is 0.188 e. The summed E-state index contributed by atoms with van der Waals surface area (Å²) in [5.74, 6) is 1.52. The van der Waals surface area contributed by atoms with Crippen LogP contribution in [0.3, 0.4) is 0 Å². The van der Waals surface area contributed by atoms with Crippen molar-refractivity contribution in [2.45, 2.75) is 63.4 Å². The van der Waals surface area contributed by atoms with E-state index in [1.165, 1.54) is 19.3 Å². The van der Waals surface area contributed by atoms with Gasteiger partial charge in [0.2, 0.25) is 0 Å². The molecule has 0 spiro atoms. The molecule has 0 radical (unpaired) electrons. The number of hydrogen-bond donors (Lipinski definition) is 1. The Kier molecular flexibility index (Phi) is 5.85. The van der Waals surface area contributed by atoms with Gasteiger partial charge in [0.1, 0.15) is 0 Å². The zero-order valence-electron chi connectivity index (χ0n) is 13.1. The highest BCUT2D eigenvalue weighted by molar-refractivity contribution is 7.99. The number of rotatable bonds is 5. The second-order valence-electron chi connectivity index (χ2n) is 6.18. The monoisotopic (exact) mass is 293 g/mol. The molecule has 1 heterocycles. The largest absolute Gasteiger partial charge is 0.313 e. The molecule has 0 aromatic carbocycles.